The molecule has 0 aliphatic rings. The van der Waals surface area contributed by atoms with Crippen molar-refractivity contribution in [2.24, 2.45) is 0 Å². The smallest absolute Gasteiger partial charge is 0.336 e. The largest absolute Gasteiger partial charge is 0.493 e. The van der Waals surface area contributed by atoms with Crippen LogP contribution in [0, 0.1) is 0 Å². The highest BCUT2D eigenvalue weighted by Gasteiger charge is 2.05. The number of hydrogen-bond acceptors (Lipinski definition) is 8. The highest BCUT2D eigenvalue weighted by molar-refractivity contribution is 5.78. The third kappa shape index (κ3) is 7.56. The van der Waals surface area contributed by atoms with Gasteiger partial charge < -0.3 is 18.3 Å². The van der Waals surface area contributed by atoms with E-state index in [4.69, 9.17) is 18.3 Å². The molecule has 0 N–H and O–H groups in total. The van der Waals surface area contributed by atoms with Crippen molar-refractivity contribution in [3.8, 4) is 11.5 Å². The van der Waals surface area contributed by atoms with E-state index in [0.29, 0.717) is 30.1 Å². The summed E-state index contributed by atoms with van der Waals surface area (Å²) >= 11 is 0. The second kappa shape index (κ2) is 12.9. The molecule has 9 heteroatoms. The van der Waals surface area contributed by atoms with Gasteiger partial charge in [0, 0.05) is 41.6 Å². The molecule has 9 nitrogen and oxygen atoms in total. The van der Waals surface area contributed by atoms with Crippen LogP contribution in [-0.2, 0) is 13.2 Å². The van der Waals surface area contributed by atoms with Crippen molar-refractivity contribution in [3.63, 3.8) is 0 Å². The number of rotatable bonds is 14. The predicted molar refractivity (Wildman–Crippen MR) is 147 cm³/mol. The summed E-state index contributed by atoms with van der Waals surface area (Å²) in [5.41, 5.74) is 1.06. The van der Waals surface area contributed by atoms with Gasteiger partial charge in [0.2, 0.25) is 0 Å². The second-order valence-electron chi connectivity index (χ2n) is 9.49. The average molecular weight is 530 g/mol. The maximum atomic E-state index is 11.4. The van der Waals surface area contributed by atoms with Crippen LogP contribution in [0.3, 0.4) is 0 Å². The molecule has 0 amide bonds. The van der Waals surface area contributed by atoms with Crippen molar-refractivity contribution in [2.45, 2.75) is 58.1 Å². The Labute approximate surface area is 225 Å². The summed E-state index contributed by atoms with van der Waals surface area (Å²) < 4.78 is 23.9. The normalized spacial score (nSPS) is 11.3. The van der Waals surface area contributed by atoms with Gasteiger partial charge in [-0.05, 0) is 49.2 Å². The van der Waals surface area contributed by atoms with Gasteiger partial charge in [0.1, 0.15) is 35.0 Å². The van der Waals surface area contributed by atoms with E-state index in [9.17, 15) is 9.59 Å². The third-order valence-electron chi connectivity index (χ3n) is 6.46. The molecular formula is C30H31N3O6. The Hall–Kier alpha value is -4.40. The number of unbranched alkanes of at least 4 members (excludes halogenated alkanes) is 6. The van der Waals surface area contributed by atoms with E-state index >= 15 is 0 Å². The van der Waals surface area contributed by atoms with Crippen molar-refractivity contribution in [1.29, 1.82) is 0 Å². The maximum absolute atomic E-state index is 11.4. The van der Waals surface area contributed by atoms with Gasteiger partial charge in [-0.2, -0.15) is 0 Å². The van der Waals surface area contributed by atoms with Crippen LogP contribution >= 0.6 is 0 Å². The monoisotopic (exact) mass is 529 g/mol. The van der Waals surface area contributed by atoms with Crippen LogP contribution in [0.5, 0.6) is 11.5 Å². The van der Waals surface area contributed by atoms with Gasteiger partial charge in [-0.15, -0.1) is 5.10 Å². The average Bonchev–Trinajstić information content (AvgIpc) is 3.40. The van der Waals surface area contributed by atoms with Crippen LogP contribution in [0.1, 0.15) is 50.6 Å². The molecule has 0 atom stereocenters. The Morgan fingerprint density at radius 2 is 1.23 bits per heavy atom. The van der Waals surface area contributed by atoms with Gasteiger partial charge >= 0.3 is 11.3 Å². The zero-order valence-electron chi connectivity index (χ0n) is 21.7. The highest BCUT2D eigenvalue weighted by atomic mass is 16.5. The van der Waals surface area contributed by atoms with Gasteiger partial charge in [-0.3, -0.25) is 4.68 Å². The summed E-state index contributed by atoms with van der Waals surface area (Å²) in [4.78, 5) is 22.8. The molecule has 3 aromatic heterocycles. The van der Waals surface area contributed by atoms with Crippen LogP contribution in [-0.4, -0.2) is 21.6 Å². The lowest BCUT2D eigenvalue weighted by Gasteiger charge is -2.07. The quantitative estimate of drug-likeness (QED) is 0.130. The molecule has 202 valence electrons. The predicted octanol–water partition coefficient (Wildman–Crippen LogP) is 5.88. The standard InChI is InChI=1S/C30H31N3O6/c34-29-14-10-22-8-12-25(18-27(22)38-29)36-17-7-5-3-1-2-4-6-16-33-20-24(31-32-33)21-37-26-13-9-23-11-15-30(35)39-28(23)19-26/h8-15,18-20H,1-7,16-17,21H2. The lowest BCUT2D eigenvalue weighted by molar-refractivity contribution is 0.301. The molecule has 0 spiro atoms. The summed E-state index contributed by atoms with van der Waals surface area (Å²) in [7, 11) is 0. The number of aromatic nitrogens is 3. The Bertz CT molecular complexity index is 1640. The minimum atomic E-state index is -0.385. The van der Waals surface area contributed by atoms with E-state index in [-0.39, 0.29) is 11.3 Å². The third-order valence-corrected chi connectivity index (χ3v) is 6.46. The number of ether oxygens (including phenoxy) is 2. The lowest BCUT2D eigenvalue weighted by Crippen LogP contribution is -1.99. The molecule has 2 aromatic carbocycles. The van der Waals surface area contributed by atoms with Gasteiger partial charge in [0.25, 0.3) is 0 Å². The summed E-state index contributed by atoms with van der Waals surface area (Å²) in [5.74, 6) is 1.34. The SMILES string of the molecule is O=c1ccc2ccc(OCCCCCCCCCn3cc(COc4ccc5ccc(=O)oc5c4)nn3)cc2o1. The first-order valence-electron chi connectivity index (χ1n) is 13.3. The molecule has 5 aromatic rings. The summed E-state index contributed by atoms with van der Waals surface area (Å²) in [6.45, 7) is 1.77. The first-order chi connectivity index (χ1) is 19.1. The maximum Gasteiger partial charge on any atom is 0.336 e. The fraction of sp³-hybridized carbons (Fsp3) is 0.333. The Morgan fingerprint density at radius 3 is 1.90 bits per heavy atom. The second-order valence-corrected chi connectivity index (χ2v) is 9.49. The van der Waals surface area contributed by atoms with Crippen molar-refractivity contribution in [1.82, 2.24) is 15.0 Å². The van der Waals surface area contributed by atoms with E-state index in [1.165, 1.54) is 31.4 Å². The zero-order valence-corrected chi connectivity index (χ0v) is 21.7. The first-order valence-corrected chi connectivity index (χ1v) is 13.3. The van der Waals surface area contributed by atoms with E-state index in [0.717, 1.165) is 54.4 Å². The van der Waals surface area contributed by atoms with E-state index in [2.05, 4.69) is 10.3 Å². The number of nitrogens with zero attached hydrogens (tertiary/aromatic N) is 3. The molecule has 0 radical (unpaired) electrons. The summed E-state index contributed by atoms with van der Waals surface area (Å²) in [6.07, 6.45) is 9.79. The molecule has 0 saturated carbocycles. The van der Waals surface area contributed by atoms with E-state index < -0.39 is 0 Å². The van der Waals surface area contributed by atoms with Gasteiger partial charge in [-0.1, -0.05) is 37.3 Å². The van der Waals surface area contributed by atoms with Gasteiger partial charge in [0.05, 0.1) is 12.8 Å². The molecule has 0 fully saturated rings. The van der Waals surface area contributed by atoms with Crippen LogP contribution < -0.4 is 20.7 Å². The van der Waals surface area contributed by atoms with Crippen LogP contribution in [0.2, 0.25) is 0 Å². The van der Waals surface area contributed by atoms with Crippen molar-refractivity contribution in [3.05, 3.63) is 93.4 Å². The number of fused-ring (bicyclic) bond motifs is 2. The number of benzene rings is 2. The molecule has 0 aliphatic heterocycles. The molecule has 39 heavy (non-hydrogen) atoms. The molecule has 0 bridgehead atoms. The minimum absolute atomic E-state index is 0.295. The summed E-state index contributed by atoms with van der Waals surface area (Å²) in [5, 5.41) is 10.1. The van der Waals surface area contributed by atoms with Crippen molar-refractivity contribution >= 4 is 21.9 Å². The fourth-order valence-electron chi connectivity index (χ4n) is 4.38. The Morgan fingerprint density at radius 1 is 0.667 bits per heavy atom. The Kier molecular flexibility index (Phi) is 8.68. The lowest BCUT2D eigenvalue weighted by atomic mass is 10.1. The van der Waals surface area contributed by atoms with Crippen molar-refractivity contribution in [2.75, 3.05) is 6.61 Å². The van der Waals surface area contributed by atoms with Crippen LogP contribution in [0.4, 0.5) is 0 Å². The first kappa shape index (κ1) is 26.2. The topological polar surface area (TPSA) is 110 Å². The minimum Gasteiger partial charge on any atom is -0.493 e. The fourth-order valence-corrected chi connectivity index (χ4v) is 4.38. The molecule has 0 saturated heterocycles. The highest BCUT2D eigenvalue weighted by Crippen LogP contribution is 2.21. The molecular weight excluding hydrogens is 498 g/mol. The molecule has 3 heterocycles. The van der Waals surface area contributed by atoms with Crippen molar-refractivity contribution < 1.29 is 18.3 Å². The molecule has 0 unspecified atom stereocenters. The molecule has 5 rings (SSSR count). The Balaban J connectivity index is 0.918. The van der Waals surface area contributed by atoms with Gasteiger partial charge in [0.15, 0.2) is 0 Å². The zero-order chi connectivity index (χ0) is 26.9. The van der Waals surface area contributed by atoms with Gasteiger partial charge in [-0.25, -0.2) is 9.59 Å². The summed E-state index contributed by atoms with van der Waals surface area (Å²) in [6, 6.07) is 17.3. The van der Waals surface area contributed by atoms with Crippen LogP contribution in [0.15, 0.2) is 85.3 Å². The van der Waals surface area contributed by atoms with E-state index in [1.54, 1.807) is 24.3 Å². The number of aryl methyl sites for hydroxylation is 1. The number of hydrogen-bond donors (Lipinski definition) is 0. The van der Waals surface area contributed by atoms with Crippen LogP contribution in [0.25, 0.3) is 21.9 Å². The molecule has 0 aliphatic carbocycles. The van der Waals surface area contributed by atoms with E-state index in [1.807, 2.05) is 35.1 Å².